The van der Waals surface area contributed by atoms with E-state index >= 15 is 0 Å². The summed E-state index contributed by atoms with van der Waals surface area (Å²) in [5.41, 5.74) is 6.64. The van der Waals surface area contributed by atoms with Gasteiger partial charge in [-0.3, -0.25) is 9.97 Å². The smallest absolute Gasteiger partial charge is 0.173 e. The number of aromatic nitrogens is 4. The topological polar surface area (TPSA) is 33.5 Å². The second kappa shape index (κ2) is 7.46. The van der Waals surface area contributed by atoms with Crippen molar-refractivity contribution in [2.45, 2.75) is 13.5 Å². The molecule has 0 amide bonds. The zero-order valence-corrected chi connectivity index (χ0v) is 15.6. The standard InChI is InChI=1S/C23H22N4/c1-18-3-9-24-22(15-18)23-16-19(4-10-25-23)17-27-13-7-21(8-14-27)20-5-11-26(2)12-6-20/h3-16H,17H2,1-2H3/q+2. The second-order valence-electron chi connectivity index (χ2n) is 6.78. The number of nitrogens with zero attached hydrogens (tertiary/aromatic N) is 4. The van der Waals surface area contributed by atoms with Crippen molar-refractivity contribution in [3.63, 3.8) is 0 Å². The maximum Gasteiger partial charge on any atom is 0.173 e. The predicted molar refractivity (Wildman–Crippen MR) is 105 cm³/mol. The van der Waals surface area contributed by atoms with Gasteiger partial charge in [0.2, 0.25) is 0 Å². The lowest BCUT2D eigenvalue weighted by molar-refractivity contribution is -0.688. The molecule has 0 spiro atoms. The lowest BCUT2D eigenvalue weighted by Crippen LogP contribution is -2.33. The lowest BCUT2D eigenvalue weighted by Gasteiger charge is -2.04. The number of rotatable bonds is 4. The molecule has 0 saturated carbocycles. The summed E-state index contributed by atoms with van der Waals surface area (Å²) in [5, 5.41) is 0. The fourth-order valence-corrected chi connectivity index (χ4v) is 3.05. The Bertz CT molecular complexity index is 1050. The highest BCUT2D eigenvalue weighted by Gasteiger charge is 2.08. The van der Waals surface area contributed by atoms with Crippen LogP contribution in [0, 0.1) is 6.92 Å². The summed E-state index contributed by atoms with van der Waals surface area (Å²) in [5.74, 6) is 0. The minimum atomic E-state index is 0.797. The van der Waals surface area contributed by atoms with Gasteiger partial charge in [0, 0.05) is 42.2 Å². The molecular weight excluding hydrogens is 332 g/mol. The van der Waals surface area contributed by atoms with Crippen LogP contribution in [0.5, 0.6) is 0 Å². The SMILES string of the molecule is Cc1ccnc(-c2cc(C[n+]3ccc(-c4cc[n+](C)cc4)cc3)ccn2)c1. The van der Waals surface area contributed by atoms with Crippen LogP contribution in [0.3, 0.4) is 0 Å². The van der Waals surface area contributed by atoms with Crippen LogP contribution in [-0.4, -0.2) is 9.97 Å². The van der Waals surface area contributed by atoms with Crippen LogP contribution in [0.15, 0.2) is 85.7 Å². The van der Waals surface area contributed by atoms with Crippen molar-refractivity contribution >= 4 is 0 Å². The van der Waals surface area contributed by atoms with E-state index in [0.29, 0.717) is 0 Å². The molecule has 132 valence electrons. The zero-order chi connectivity index (χ0) is 18.6. The summed E-state index contributed by atoms with van der Waals surface area (Å²) in [6.45, 7) is 2.87. The third kappa shape index (κ3) is 4.06. The van der Waals surface area contributed by atoms with Crippen molar-refractivity contribution in [2.75, 3.05) is 0 Å². The summed E-state index contributed by atoms with van der Waals surface area (Å²) in [6, 6.07) is 16.8. The summed E-state index contributed by atoms with van der Waals surface area (Å²) < 4.78 is 4.21. The molecule has 4 aromatic rings. The predicted octanol–water partition coefficient (Wildman–Crippen LogP) is 3.28. The summed E-state index contributed by atoms with van der Waals surface area (Å²) in [7, 11) is 2.03. The molecule has 4 rings (SSSR count). The van der Waals surface area contributed by atoms with Gasteiger partial charge in [0.15, 0.2) is 31.3 Å². The number of pyridine rings is 4. The molecule has 0 bridgehead atoms. The largest absolute Gasteiger partial charge is 0.255 e. The minimum absolute atomic E-state index is 0.797. The zero-order valence-electron chi connectivity index (χ0n) is 15.6. The Morgan fingerprint density at radius 1 is 0.741 bits per heavy atom. The van der Waals surface area contributed by atoms with E-state index in [1.165, 1.54) is 22.3 Å². The van der Waals surface area contributed by atoms with Crippen LogP contribution in [0.2, 0.25) is 0 Å². The van der Waals surface area contributed by atoms with Gasteiger partial charge < -0.3 is 0 Å². The molecule has 0 N–H and O–H groups in total. The first-order chi connectivity index (χ1) is 13.2. The van der Waals surface area contributed by atoms with E-state index in [1.54, 1.807) is 0 Å². The summed E-state index contributed by atoms with van der Waals surface area (Å²) in [6.07, 6.45) is 12.0. The van der Waals surface area contributed by atoms with Gasteiger partial charge in [0.1, 0.15) is 7.05 Å². The molecule has 4 aromatic heterocycles. The van der Waals surface area contributed by atoms with Crippen LogP contribution < -0.4 is 9.13 Å². The number of hydrogen-bond donors (Lipinski definition) is 0. The highest BCUT2D eigenvalue weighted by molar-refractivity contribution is 5.61. The highest BCUT2D eigenvalue weighted by Crippen LogP contribution is 2.17. The van der Waals surface area contributed by atoms with Crippen LogP contribution in [0.4, 0.5) is 0 Å². The number of hydrogen-bond acceptors (Lipinski definition) is 2. The average Bonchev–Trinajstić information content (AvgIpc) is 2.70. The van der Waals surface area contributed by atoms with Gasteiger partial charge in [0.25, 0.3) is 0 Å². The molecule has 0 atom stereocenters. The monoisotopic (exact) mass is 354 g/mol. The Balaban J connectivity index is 1.54. The van der Waals surface area contributed by atoms with Crippen molar-refractivity contribution in [2.24, 2.45) is 7.05 Å². The average molecular weight is 354 g/mol. The van der Waals surface area contributed by atoms with E-state index in [0.717, 1.165) is 17.9 Å². The maximum atomic E-state index is 4.48. The van der Waals surface area contributed by atoms with E-state index in [-0.39, 0.29) is 0 Å². The van der Waals surface area contributed by atoms with Gasteiger partial charge in [0.05, 0.1) is 11.4 Å². The van der Waals surface area contributed by atoms with Gasteiger partial charge in [-0.15, -0.1) is 0 Å². The normalized spacial score (nSPS) is 10.7. The number of aryl methyl sites for hydroxylation is 2. The van der Waals surface area contributed by atoms with Gasteiger partial charge >= 0.3 is 0 Å². The minimum Gasteiger partial charge on any atom is -0.255 e. The Morgan fingerprint density at radius 2 is 1.33 bits per heavy atom. The third-order valence-electron chi connectivity index (χ3n) is 4.57. The molecule has 0 radical (unpaired) electrons. The molecule has 4 heteroatoms. The Hall–Kier alpha value is -3.40. The maximum absolute atomic E-state index is 4.48. The second-order valence-corrected chi connectivity index (χ2v) is 6.78. The quantitative estimate of drug-likeness (QED) is 0.527. The van der Waals surface area contributed by atoms with Crippen LogP contribution >= 0.6 is 0 Å². The molecule has 0 saturated heterocycles. The van der Waals surface area contributed by atoms with Crippen LogP contribution in [0.25, 0.3) is 22.5 Å². The Kier molecular flexibility index (Phi) is 4.71. The van der Waals surface area contributed by atoms with E-state index < -0.39 is 0 Å². The molecule has 0 aromatic carbocycles. The molecular formula is C23H22N4+2. The van der Waals surface area contributed by atoms with Crippen molar-refractivity contribution in [1.82, 2.24) is 9.97 Å². The van der Waals surface area contributed by atoms with Crippen molar-refractivity contribution < 1.29 is 9.13 Å². The highest BCUT2D eigenvalue weighted by atomic mass is 14.9. The fraction of sp³-hybridized carbons (Fsp3) is 0.130. The summed E-state index contributed by atoms with van der Waals surface area (Å²) in [4.78, 5) is 8.92. The van der Waals surface area contributed by atoms with E-state index in [9.17, 15) is 0 Å². The van der Waals surface area contributed by atoms with E-state index in [2.05, 4.69) is 88.7 Å². The Morgan fingerprint density at radius 3 is 2.00 bits per heavy atom. The van der Waals surface area contributed by atoms with Crippen LogP contribution in [-0.2, 0) is 13.6 Å². The van der Waals surface area contributed by atoms with E-state index in [4.69, 9.17) is 0 Å². The first-order valence-electron chi connectivity index (χ1n) is 9.00. The van der Waals surface area contributed by atoms with Gasteiger partial charge in [-0.25, -0.2) is 9.13 Å². The summed E-state index contributed by atoms with van der Waals surface area (Å²) >= 11 is 0. The molecule has 27 heavy (non-hydrogen) atoms. The molecule has 0 aliphatic carbocycles. The van der Waals surface area contributed by atoms with Crippen LogP contribution in [0.1, 0.15) is 11.1 Å². The Labute approximate surface area is 159 Å². The molecule has 0 aliphatic rings. The molecule has 4 nitrogen and oxygen atoms in total. The van der Waals surface area contributed by atoms with Crippen molar-refractivity contribution in [1.29, 1.82) is 0 Å². The van der Waals surface area contributed by atoms with Crippen molar-refractivity contribution in [3.8, 4) is 22.5 Å². The third-order valence-corrected chi connectivity index (χ3v) is 4.57. The van der Waals surface area contributed by atoms with Gasteiger partial charge in [-0.2, -0.15) is 0 Å². The lowest BCUT2D eigenvalue weighted by atomic mass is 10.1. The first-order valence-corrected chi connectivity index (χ1v) is 9.00. The first kappa shape index (κ1) is 17.0. The molecule has 0 aliphatic heterocycles. The van der Waals surface area contributed by atoms with E-state index in [1.807, 2.05) is 30.1 Å². The molecule has 0 fully saturated rings. The van der Waals surface area contributed by atoms with Gasteiger partial charge in [-0.05, 0) is 47.9 Å². The molecule has 0 unspecified atom stereocenters. The van der Waals surface area contributed by atoms with Crippen molar-refractivity contribution in [3.05, 3.63) is 96.8 Å². The molecule has 4 heterocycles. The fourth-order valence-electron chi connectivity index (χ4n) is 3.05. The van der Waals surface area contributed by atoms with Gasteiger partial charge in [-0.1, -0.05) is 0 Å².